The van der Waals surface area contributed by atoms with Crippen molar-refractivity contribution in [3.8, 4) is 0 Å². The molecule has 2 heteroatoms. The molecule has 0 N–H and O–H groups in total. The van der Waals surface area contributed by atoms with E-state index in [1.165, 1.54) is 77.0 Å². The van der Waals surface area contributed by atoms with Crippen LogP contribution >= 0.6 is 7.26 Å². The van der Waals surface area contributed by atoms with Gasteiger partial charge in [0.25, 0.3) is 0 Å². The van der Waals surface area contributed by atoms with Crippen LogP contribution in [0.15, 0.2) is 0 Å². The Hall–Kier alpha value is 0.720. The highest BCUT2D eigenvalue weighted by atomic mass is 35.5. The molecule has 0 amide bonds. The molecule has 0 aromatic carbocycles. The Morgan fingerprint density at radius 1 is 0.409 bits per heavy atom. The van der Waals surface area contributed by atoms with Crippen LogP contribution in [-0.4, -0.2) is 24.6 Å². The van der Waals surface area contributed by atoms with Gasteiger partial charge in [0.15, 0.2) is 0 Å². The largest absolute Gasteiger partial charge is 1.00 e. The minimum Gasteiger partial charge on any atom is -1.00 e. The van der Waals surface area contributed by atoms with Crippen LogP contribution in [0.25, 0.3) is 0 Å². The minimum atomic E-state index is -0.615. The average Bonchev–Trinajstić information content (AvgIpc) is 2.48. The fourth-order valence-corrected chi connectivity index (χ4v) is 8.38. The topological polar surface area (TPSA) is 0 Å². The maximum Gasteiger partial charge on any atom is 0.0594 e. The summed E-state index contributed by atoms with van der Waals surface area (Å²) in [6.07, 6.45) is 24.0. The molecule has 0 fully saturated rings. The molecule has 0 aliphatic heterocycles. The Morgan fingerprint density at radius 3 is 0.818 bits per heavy atom. The minimum absolute atomic E-state index is 0. The second kappa shape index (κ2) is 18.1. The third kappa shape index (κ3) is 13.2. The third-order valence-corrected chi connectivity index (χ3v) is 10.0. The van der Waals surface area contributed by atoms with Gasteiger partial charge in [-0.15, -0.1) is 0 Å². The van der Waals surface area contributed by atoms with Gasteiger partial charge in [0.2, 0.25) is 0 Å². The van der Waals surface area contributed by atoms with Crippen LogP contribution in [0.1, 0.15) is 105 Å². The van der Waals surface area contributed by atoms with Gasteiger partial charge in [-0.25, -0.2) is 0 Å². The molecule has 0 bridgehead atoms. The Balaban J connectivity index is 0. The molecule has 0 atom stereocenters. The smallest absolute Gasteiger partial charge is 0.0594 e. The summed E-state index contributed by atoms with van der Waals surface area (Å²) in [6, 6.07) is 0. The van der Waals surface area contributed by atoms with E-state index in [1.54, 1.807) is 24.6 Å². The summed E-state index contributed by atoms with van der Waals surface area (Å²) in [7, 11) is -0.615. The van der Waals surface area contributed by atoms with Crippen molar-refractivity contribution in [2.24, 2.45) is 0 Å². The normalized spacial score (nSPS) is 11.5. The van der Waals surface area contributed by atoms with Crippen LogP contribution in [0.3, 0.4) is 0 Å². The highest BCUT2D eigenvalue weighted by molar-refractivity contribution is 7.75. The molecule has 0 aliphatic carbocycles. The molecule has 0 heterocycles. The van der Waals surface area contributed by atoms with E-state index in [9.17, 15) is 0 Å². The van der Waals surface area contributed by atoms with Gasteiger partial charge in [-0.3, -0.25) is 0 Å². The van der Waals surface area contributed by atoms with Crippen molar-refractivity contribution in [1.82, 2.24) is 0 Å². The quantitative estimate of drug-likeness (QED) is 0.278. The van der Waals surface area contributed by atoms with Crippen LogP contribution < -0.4 is 12.4 Å². The maximum atomic E-state index is 2.35. The lowest BCUT2D eigenvalue weighted by molar-refractivity contribution is -0.00000493. The van der Waals surface area contributed by atoms with Gasteiger partial charge >= 0.3 is 0 Å². The lowest BCUT2D eigenvalue weighted by Crippen LogP contribution is -3.00. The first-order chi connectivity index (χ1) is 10.2. The second-order valence-electron chi connectivity index (χ2n) is 7.06. The number of hydrogen-bond acceptors (Lipinski definition) is 0. The number of halogens is 1. The van der Waals surface area contributed by atoms with Crippen molar-refractivity contribution in [2.75, 3.05) is 24.6 Å². The molecular formula is C20H44ClP. The Bertz CT molecular complexity index is 160. The molecule has 0 aromatic heterocycles. The second-order valence-corrected chi connectivity index (χ2v) is 11.5. The van der Waals surface area contributed by atoms with E-state index in [2.05, 4.69) is 27.7 Å². The summed E-state index contributed by atoms with van der Waals surface area (Å²) in [5.74, 6) is 0. The fourth-order valence-electron chi connectivity index (χ4n) is 3.46. The van der Waals surface area contributed by atoms with Gasteiger partial charge in [0.05, 0.1) is 24.6 Å². The average molecular weight is 351 g/mol. The van der Waals surface area contributed by atoms with Crippen molar-refractivity contribution >= 4 is 7.26 Å². The highest BCUT2D eigenvalue weighted by Crippen LogP contribution is 2.61. The van der Waals surface area contributed by atoms with E-state index < -0.39 is 7.26 Å². The zero-order valence-electron chi connectivity index (χ0n) is 16.1. The summed E-state index contributed by atoms with van der Waals surface area (Å²) < 4.78 is 0. The summed E-state index contributed by atoms with van der Waals surface area (Å²) >= 11 is 0. The zero-order valence-corrected chi connectivity index (χ0v) is 17.8. The van der Waals surface area contributed by atoms with E-state index in [4.69, 9.17) is 0 Å². The molecule has 0 saturated carbocycles. The summed E-state index contributed by atoms with van der Waals surface area (Å²) in [5, 5.41) is 0. The Labute approximate surface area is 149 Å². The van der Waals surface area contributed by atoms with E-state index >= 15 is 0 Å². The number of rotatable bonds is 16. The van der Waals surface area contributed by atoms with E-state index in [-0.39, 0.29) is 12.4 Å². The SMILES string of the molecule is CCCCC[P+](CCCCC)(CCCCC)CCCCC.[Cl-]. The monoisotopic (exact) mass is 350 g/mol. The molecule has 0 unspecified atom stereocenters. The first-order valence-electron chi connectivity index (χ1n) is 10.1. The molecule has 0 saturated heterocycles. The van der Waals surface area contributed by atoms with Gasteiger partial charge in [0.1, 0.15) is 0 Å². The standard InChI is InChI=1S/C20H44P.ClH/c1-5-9-13-17-21(18-14-10-6-2,19-15-11-7-3)20-16-12-8-4;/h5-20H2,1-4H3;1H/q+1;/p-1. The highest BCUT2D eigenvalue weighted by Gasteiger charge is 2.34. The van der Waals surface area contributed by atoms with Crippen molar-refractivity contribution < 1.29 is 12.4 Å². The molecule has 136 valence electrons. The molecule has 0 aliphatic rings. The van der Waals surface area contributed by atoms with Gasteiger partial charge in [0, 0.05) is 7.26 Å². The summed E-state index contributed by atoms with van der Waals surface area (Å²) in [5.41, 5.74) is 0. The Morgan fingerprint density at radius 2 is 0.636 bits per heavy atom. The first-order valence-corrected chi connectivity index (χ1v) is 12.6. The molecule has 0 rings (SSSR count). The van der Waals surface area contributed by atoms with Crippen molar-refractivity contribution in [3.63, 3.8) is 0 Å². The fraction of sp³-hybridized carbons (Fsp3) is 1.00. The predicted molar refractivity (Wildman–Crippen MR) is 104 cm³/mol. The van der Waals surface area contributed by atoms with Crippen LogP contribution in [0.2, 0.25) is 0 Å². The molecule has 22 heavy (non-hydrogen) atoms. The third-order valence-electron chi connectivity index (χ3n) is 4.94. The van der Waals surface area contributed by atoms with Gasteiger partial charge in [-0.1, -0.05) is 79.1 Å². The van der Waals surface area contributed by atoms with Crippen LogP contribution in [-0.2, 0) is 0 Å². The lowest BCUT2D eigenvalue weighted by Gasteiger charge is -2.28. The molecule has 0 radical (unpaired) electrons. The van der Waals surface area contributed by atoms with Crippen molar-refractivity contribution in [1.29, 1.82) is 0 Å². The van der Waals surface area contributed by atoms with Crippen molar-refractivity contribution in [3.05, 3.63) is 0 Å². The number of hydrogen-bond donors (Lipinski definition) is 0. The van der Waals surface area contributed by atoms with Gasteiger partial charge in [-0.05, 0) is 25.7 Å². The van der Waals surface area contributed by atoms with Gasteiger partial charge < -0.3 is 12.4 Å². The first kappa shape index (κ1) is 25.0. The van der Waals surface area contributed by atoms with E-state index in [0.29, 0.717) is 0 Å². The molecule has 0 nitrogen and oxygen atoms in total. The maximum absolute atomic E-state index is 2.35. The molecule has 0 spiro atoms. The zero-order chi connectivity index (χ0) is 15.8. The van der Waals surface area contributed by atoms with Gasteiger partial charge in [-0.2, -0.15) is 0 Å². The lowest BCUT2D eigenvalue weighted by atomic mass is 10.3. The van der Waals surface area contributed by atoms with Crippen LogP contribution in [0, 0.1) is 0 Å². The van der Waals surface area contributed by atoms with Crippen LogP contribution in [0.5, 0.6) is 0 Å². The van der Waals surface area contributed by atoms with Crippen molar-refractivity contribution in [2.45, 2.75) is 105 Å². The predicted octanol–water partition coefficient (Wildman–Crippen LogP) is 4.77. The number of unbranched alkanes of at least 4 members (excludes halogenated alkanes) is 8. The molecule has 0 aromatic rings. The van der Waals surface area contributed by atoms with Crippen LogP contribution in [0.4, 0.5) is 0 Å². The van der Waals surface area contributed by atoms with E-state index in [0.717, 1.165) is 0 Å². The van der Waals surface area contributed by atoms with E-state index in [1.807, 2.05) is 0 Å². The molecular weight excluding hydrogens is 307 g/mol. The summed E-state index contributed by atoms with van der Waals surface area (Å²) in [6.45, 7) is 9.41. The Kier molecular flexibility index (Phi) is 20.5. The summed E-state index contributed by atoms with van der Waals surface area (Å²) in [4.78, 5) is 0.